The number of piperidine rings is 1. The van der Waals surface area contributed by atoms with Gasteiger partial charge in [-0.2, -0.15) is 0 Å². The standard InChI is InChI=1S/C23H39N5O2.HI/c1-5-24-23(25-15-18(2)28-12-13-30-17-19(28)3)26-20-8-7-11-27(16-20)21-9-6-10-22(14-21)29-4;/h6,9-10,14,18-20H,5,7-8,11-13,15-17H2,1-4H3,(H2,24,25,26);1H. The minimum Gasteiger partial charge on any atom is -0.497 e. The van der Waals surface area contributed by atoms with Gasteiger partial charge in [-0.1, -0.05) is 6.07 Å². The number of methoxy groups -OCH3 is 1. The molecule has 0 aliphatic carbocycles. The molecule has 2 aliphatic heterocycles. The highest BCUT2D eigenvalue weighted by Gasteiger charge is 2.24. The lowest BCUT2D eigenvalue weighted by atomic mass is 10.0. The molecule has 31 heavy (non-hydrogen) atoms. The van der Waals surface area contributed by atoms with Crippen molar-refractivity contribution in [2.24, 2.45) is 4.99 Å². The Labute approximate surface area is 205 Å². The lowest BCUT2D eigenvalue weighted by molar-refractivity contribution is -0.0165. The summed E-state index contributed by atoms with van der Waals surface area (Å²) in [5.41, 5.74) is 1.22. The predicted molar refractivity (Wildman–Crippen MR) is 139 cm³/mol. The molecule has 0 bridgehead atoms. The lowest BCUT2D eigenvalue weighted by Gasteiger charge is -2.37. The van der Waals surface area contributed by atoms with Gasteiger partial charge in [-0.25, -0.2) is 0 Å². The number of nitrogens with zero attached hydrogens (tertiary/aromatic N) is 3. The van der Waals surface area contributed by atoms with E-state index < -0.39 is 0 Å². The first kappa shape index (κ1) is 26.0. The van der Waals surface area contributed by atoms with E-state index in [4.69, 9.17) is 14.5 Å². The summed E-state index contributed by atoms with van der Waals surface area (Å²) in [4.78, 5) is 9.85. The van der Waals surface area contributed by atoms with Crippen molar-refractivity contribution in [3.05, 3.63) is 24.3 Å². The second kappa shape index (κ2) is 13.3. The third-order valence-electron chi connectivity index (χ3n) is 6.02. The molecular weight excluding hydrogens is 505 g/mol. The van der Waals surface area contributed by atoms with Gasteiger partial charge in [0.05, 0.1) is 26.9 Å². The van der Waals surface area contributed by atoms with Crippen LogP contribution in [0.4, 0.5) is 5.69 Å². The first-order valence-electron chi connectivity index (χ1n) is 11.4. The van der Waals surface area contributed by atoms with Gasteiger partial charge in [0.15, 0.2) is 5.96 Å². The Bertz CT molecular complexity index is 690. The van der Waals surface area contributed by atoms with E-state index in [-0.39, 0.29) is 24.0 Å². The third-order valence-corrected chi connectivity index (χ3v) is 6.02. The first-order valence-corrected chi connectivity index (χ1v) is 11.4. The van der Waals surface area contributed by atoms with Gasteiger partial charge in [0.25, 0.3) is 0 Å². The molecule has 3 rings (SSSR count). The number of anilines is 1. The summed E-state index contributed by atoms with van der Waals surface area (Å²) in [5, 5.41) is 7.11. The Balaban J connectivity index is 0.00000341. The topological polar surface area (TPSA) is 61.4 Å². The highest BCUT2D eigenvalue weighted by Crippen LogP contribution is 2.24. The Morgan fingerprint density at radius 1 is 1.35 bits per heavy atom. The van der Waals surface area contributed by atoms with Crippen molar-refractivity contribution in [2.45, 2.75) is 51.7 Å². The Morgan fingerprint density at radius 2 is 2.19 bits per heavy atom. The number of nitrogens with one attached hydrogen (secondary N) is 2. The van der Waals surface area contributed by atoms with Crippen molar-refractivity contribution in [3.8, 4) is 5.75 Å². The van der Waals surface area contributed by atoms with Crippen molar-refractivity contribution in [3.63, 3.8) is 0 Å². The molecule has 2 saturated heterocycles. The van der Waals surface area contributed by atoms with Gasteiger partial charge < -0.3 is 25.0 Å². The molecule has 1 aromatic carbocycles. The first-order chi connectivity index (χ1) is 14.6. The van der Waals surface area contributed by atoms with Crippen LogP contribution in [0.1, 0.15) is 33.6 Å². The minimum absolute atomic E-state index is 0. The van der Waals surface area contributed by atoms with Gasteiger partial charge in [0, 0.05) is 56.1 Å². The van der Waals surface area contributed by atoms with Crippen LogP contribution in [-0.2, 0) is 4.74 Å². The molecular formula is C23H40IN5O2. The molecule has 8 heteroatoms. The summed E-state index contributed by atoms with van der Waals surface area (Å²) in [5.74, 6) is 1.83. The van der Waals surface area contributed by atoms with E-state index in [1.54, 1.807) is 7.11 Å². The molecule has 2 heterocycles. The van der Waals surface area contributed by atoms with Crippen LogP contribution >= 0.6 is 24.0 Å². The Hall–Kier alpha value is -1.26. The molecule has 1 aromatic rings. The van der Waals surface area contributed by atoms with E-state index in [0.29, 0.717) is 18.1 Å². The Morgan fingerprint density at radius 3 is 2.94 bits per heavy atom. The van der Waals surface area contributed by atoms with Crippen LogP contribution < -0.4 is 20.3 Å². The van der Waals surface area contributed by atoms with E-state index in [1.165, 1.54) is 5.69 Å². The number of hydrogen-bond donors (Lipinski definition) is 2. The summed E-state index contributed by atoms with van der Waals surface area (Å²) < 4.78 is 11.0. The second-order valence-electron chi connectivity index (χ2n) is 8.36. The number of rotatable bonds is 7. The fourth-order valence-corrected chi connectivity index (χ4v) is 4.37. The predicted octanol–water partition coefficient (Wildman–Crippen LogP) is 2.95. The molecule has 3 atom stereocenters. The molecule has 0 radical (unpaired) electrons. The number of halogens is 1. The molecule has 176 valence electrons. The highest BCUT2D eigenvalue weighted by atomic mass is 127. The van der Waals surface area contributed by atoms with Crippen molar-refractivity contribution < 1.29 is 9.47 Å². The maximum atomic E-state index is 5.57. The van der Waals surface area contributed by atoms with Gasteiger partial charge in [-0.3, -0.25) is 9.89 Å². The third kappa shape index (κ3) is 7.68. The average molecular weight is 546 g/mol. The maximum absolute atomic E-state index is 5.57. The molecule has 3 unspecified atom stereocenters. The van der Waals surface area contributed by atoms with Crippen LogP contribution in [0.3, 0.4) is 0 Å². The monoisotopic (exact) mass is 545 g/mol. The van der Waals surface area contributed by atoms with Crippen molar-refractivity contribution in [1.82, 2.24) is 15.5 Å². The number of hydrogen-bond acceptors (Lipinski definition) is 5. The minimum atomic E-state index is 0. The number of ether oxygens (including phenoxy) is 2. The summed E-state index contributed by atoms with van der Waals surface area (Å²) in [7, 11) is 1.72. The zero-order valence-corrected chi connectivity index (χ0v) is 21.8. The normalized spacial score (nSPS) is 23.6. The van der Waals surface area contributed by atoms with Gasteiger partial charge >= 0.3 is 0 Å². The zero-order valence-electron chi connectivity index (χ0n) is 19.5. The number of guanidine groups is 1. The molecule has 2 aliphatic rings. The van der Waals surface area contributed by atoms with Crippen LogP contribution in [-0.4, -0.2) is 82.0 Å². The van der Waals surface area contributed by atoms with Gasteiger partial charge in [0.1, 0.15) is 5.75 Å². The number of aliphatic imine (C=N–C) groups is 1. The zero-order chi connectivity index (χ0) is 21.3. The van der Waals surface area contributed by atoms with Gasteiger partial charge in [0.2, 0.25) is 0 Å². The highest BCUT2D eigenvalue weighted by molar-refractivity contribution is 14.0. The molecule has 0 spiro atoms. The van der Waals surface area contributed by atoms with Crippen LogP contribution in [0, 0.1) is 0 Å². The van der Waals surface area contributed by atoms with E-state index >= 15 is 0 Å². The lowest BCUT2D eigenvalue weighted by Crippen LogP contribution is -2.52. The van der Waals surface area contributed by atoms with Gasteiger partial charge in [-0.15, -0.1) is 24.0 Å². The molecule has 7 nitrogen and oxygen atoms in total. The van der Waals surface area contributed by atoms with E-state index in [0.717, 1.165) is 70.5 Å². The summed E-state index contributed by atoms with van der Waals surface area (Å²) in [6.07, 6.45) is 2.32. The van der Waals surface area contributed by atoms with Crippen LogP contribution in [0.15, 0.2) is 29.3 Å². The smallest absolute Gasteiger partial charge is 0.191 e. The number of morpholine rings is 1. The fourth-order valence-electron chi connectivity index (χ4n) is 4.37. The molecule has 0 amide bonds. The van der Waals surface area contributed by atoms with Crippen LogP contribution in [0.2, 0.25) is 0 Å². The summed E-state index contributed by atoms with van der Waals surface area (Å²) >= 11 is 0. The fraction of sp³-hybridized carbons (Fsp3) is 0.696. The van der Waals surface area contributed by atoms with Crippen molar-refractivity contribution in [2.75, 3.05) is 57.9 Å². The maximum Gasteiger partial charge on any atom is 0.191 e. The van der Waals surface area contributed by atoms with E-state index in [9.17, 15) is 0 Å². The van der Waals surface area contributed by atoms with Crippen molar-refractivity contribution >= 4 is 35.6 Å². The average Bonchev–Trinajstić information content (AvgIpc) is 2.78. The molecule has 2 fully saturated rings. The summed E-state index contributed by atoms with van der Waals surface area (Å²) in [6.45, 7) is 12.9. The Kier molecular flexibility index (Phi) is 11.2. The molecule has 0 saturated carbocycles. The number of benzene rings is 1. The van der Waals surface area contributed by atoms with E-state index in [2.05, 4.69) is 59.4 Å². The summed E-state index contributed by atoms with van der Waals surface area (Å²) in [6, 6.07) is 9.57. The molecule has 0 aromatic heterocycles. The van der Waals surface area contributed by atoms with E-state index in [1.807, 2.05) is 6.07 Å². The van der Waals surface area contributed by atoms with Crippen molar-refractivity contribution in [1.29, 1.82) is 0 Å². The SMILES string of the molecule is CCNC(=NCC(C)N1CCOCC1C)NC1CCCN(c2cccc(OC)c2)C1.I. The second-order valence-corrected chi connectivity index (χ2v) is 8.36. The van der Waals surface area contributed by atoms with Crippen LogP contribution in [0.25, 0.3) is 0 Å². The van der Waals surface area contributed by atoms with Gasteiger partial charge in [-0.05, 0) is 45.7 Å². The quantitative estimate of drug-likeness (QED) is 0.312. The van der Waals surface area contributed by atoms with Crippen LogP contribution in [0.5, 0.6) is 5.75 Å². The molecule has 2 N–H and O–H groups in total. The largest absolute Gasteiger partial charge is 0.497 e.